The molecule has 0 aliphatic heterocycles. The molecule has 0 amide bonds. The second-order valence-electron chi connectivity index (χ2n) is 5.87. The molecule has 18 heavy (non-hydrogen) atoms. The normalized spacial score (nSPS) is 30.1. The fourth-order valence-electron chi connectivity index (χ4n) is 2.97. The molecule has 0 bridgehead atoms. The first-order valence-corrected chi connectivity index (χ1v) is 7.08. The summed E-state index contributed by atoms with van der Waals surface area (Å²) in [5, 5.41) is 3.59. The maximum atomic E-state index is 13.7. The third-order valence-corrected chi connectivity index (χ3v) is 4.46. The molecule has 0 radical (unpaired) electrons. The summed E-state index contributed by atoms with van der Waals surface area (Å²) in [6.07, 6.45) is 3.70. The van der Waals surface area contributed by atoms with Crippen LogP contribution in [0.15, 0.2) is 24.3 Å². The van der Waals surface area contributed by atoms with Gasteiger partial charge in [-0.15, -0.1) is 0 Å². The van der Waals surface area contributed by atoms with E-state index in [2.05, 4.69) is 26.1 Å². The highest BCUT2D eigenvalue weighted by atomic mass is 19.1. The highest BCUT2D eigenvalue weighted by molar-refractivity contribution is 5.20. The largest absolute Gasteiger partial charge is 0.307 e. The Morgan fingerprint density at radius 2 is 1.89 bits per heavy atom. The molecule has 3 unspecified atom stereocenters. The lowest BCUT2D eigenvalue weighted by atomic mass is 9.79. The first-order chi connectivity index (χ1) is 8.58. The van der Waals surface area contributed by atoms with Crippen molar-refractivity contribution >= 4 is 0 Å². The van der Waals surface area contributed by atoms with E-state index in [0.29, 0.717) is 6.04 Å². The quantitative estimate of drug-likeness (QED) is 0.842. The Kier molecular flexibility index (Phi) is 4.39. The van der Waals surface area contributed by atoms with Gasteiger partial charge in [-0.1, -0.05) is 32.0 Å². The molecule has 1 N–H and O–H groups in total. The molecule has 100 valence electrons. The van der Waals surface area contributed by atoms with Crippen LogP contribution in [-0.4, -0.2) is 6.04 Å². The van der Waals surface area contributed by atoms with Gasteiger partial charge in [0.25, 0.3) is 0 Å². The second-order valence-corrected chi connectivity index (χ2v) is 5.87. The molecule has 0 aromatic heterocycles. The zero-order chi connectivity index (χ0) is 13.1. The molecule has 1 fully saturated rings. The van der Waals surface area contributed by atoms with Gasteiger partial charge in [-0.3, -0.25) is 0 Å². The molecule has 4 atom stereocenters. The predicted molar refractivity (Wildman–Crippen MR) is 73.9 cm³/mol. The molecule has 1 aromatic rings. The molecule has 0 saturated heterocycles. The fourth-order valence-corrected chi connectivity index (χ4v) is 2.97. The van der Waals surface area contributed by atoms with E-state index in [1.165, 1.54) is 19.3 Å². The van der Waals surface area contributed by atoms with Gasteiger partial charge in [-0.05, 0) is 44.1 Å². The van der Waals surface area contributed by atoms with Gasteiger partial charge >= 0.3 is 0 Å². The van der Waals surface area contributed by atoms with E-state index in [9.17, 15) is 4.39 Å². The Labute approximate surface area is 110 Å². The Balaban J connectivity index is 1.96. The van der Waals surface area contributed by atoms with Gasteiger partial charge < -0.3 is 5.32 Å². The highest BCUT2D eigenvalue weighted by Gasteiger charge is 2.25. The number of rotatable bonds is 3. The molecule has 1 aromatic carbocycles. The summed E-state index contributed by atoms with van der Waals surface area (Å²) in [5.74, 6) is 1.49. The Morgan fingerprint density at radius 3 is 2.56 bits per heavy atom. The van der Waals surface area contributed by atoms with Crippen LogP contribution in [0.1, 0.15) is 51.6 Å². The topological polar surface area (TPSA) is 12.0 Å². The monoisotopic (exact) mass is 249 g/mol. The van der Waals surface area contributed by atoms with Crippen LogP contribution in [0.3, 0.4) is 0 Å². The van der Waals surface area contributed by atoms with Crippen molar-refractivity contribution in [3.63, 3.8) is 0 Å². The molecule has 1 nitrogen and oxygen atoms in total. The van der Waals surface area contributed by atoms with Gasteiger partial charge in [-0.25, -0.2) is 4.39 Å². The van der Waals surface area contributed by atoms with Crippen LogP contribution in [-0.2, 0) is 0 Å². The summed E-state index contributed by atoms with van der Waals surface area (Å²) in [5.41, 5.74) is 0.781. The minimum atomic E-state index is -0.102. The van der Waals surface area contributed by atoms with Crippen molar-refractivity contribution in [1.82, 2.24) is 5.32 Å². The molecule has 2 heteroatoms. The SMILES string of the molecule is CC1CCC(N[C@H](C)c2ccccc2F)CC1C. The van der Waals surface area contributed by atoms with E-state index < -0.39 is 0 Å². The smallest absolute Gasteiger partial charge is 0.127 e. The van der Waals surface area contributed by atoms with E-state index in [-0.39, 0.29) is 11.9 Å². The summed E-state index contributed by atoms with van der Waals surface area (Å²) in [7, 11) is 0. The van der Waals surface area contributed by atoms with Gasteiger partial charge in [0.1, 0.15) is 5.82 Å². The lowest BCUT2D eigenvalue weighted by Crippen LogP contribution is -2.37. The molecule has 2 rings (SSSR count). The van der Waals surface area contributed by atoms with Gasteiger partial charge in [0.15, 0.2) is 0 Å². The van der Waals surface area contributed by atoms with Crippen molar-refractivity contribution in [3.05, 3.63) is 35.6 Å². The molecule has 0 heterocycles. The first-order valence-electron chi connectivity index (χ1n) is 7.08. The van der Waals surface area contributed by atoms with Gasteiger partial charge in [0.05, 0.1) is 0 Å². The van der Waals surface area contributed by atoms with E-state index >= 15 is 0 Å². The summed E-state index contributed by atoms with van der Waals surface area (Å²) < 4.78 is 13.7. The number of hydrogen-bond donors (Lipinski definition) is 1. The van der Waals surface area contributed by atoms with Crippen LogP contribution >= 0.6 is 0 Å². The number of nitrogens with one attached hydrogen (secondary N) is 1. The van der Waals surface area contributed by atoms with E-state index in [1.54, 1.807) is 12.1 Å². The fraction of sp³-hybridized carbons (Fsp3) is 0.625. The standard InChI is InChI=1S/C16H24FN/c1-11-8-9-14(10-12(11)2)18-13(3)15-6-4-5-7-16(15)17/h4-7,11-14,18H,8-10H2,1-3H3/t11?,12?,13-,14?/m1/s1. The van der Waals surface area contributed by atoms with E-state index in [0.717, 1.165) is 17.4 Å². The summed E-state index contributed by atoms with van der Waals surface area (Å²) >= 11 is 0. The average molecular weight is 249 g/mol. The van der Waals surface area contributed by atoms with Crippen LogP contribution in [0.2, 0.25) is 0 Å². The second kappa shape index (κ2) is 5.83. The Bertz CT molecular complexity index is 390. The van der Waals surface area contributed by atoms with Crippen LogP contribution in [0, 0.1) is 17.7 Å². The van der Waals surface area contributed by atoms with Crippen LogP contribution in [0.5, 0.6) is 0 Å². The Morgan fingerprint density at radius 1 is 1.17 bits per heavy atom. The molecule has 1 aliphatic carbocycles. The Hall–Kier alpha value is -0.890. The number of benzene rings is 1. The van der Waals surface area contributed by atoms with Crippen molar-refractivity contribution in [1.29, 1.82) is 0 Å². The number of halogens is 1. The highest BCUT2D eigenvalue weighted by Crippen LogP contribution is 2.30. The van der Waals surface area contributed by atoms with Crippen molar-refractivity contribution in [3.8, 4) is 0 Å². The number of hydrogen-bond acceptors (Lipinski definition) is 1. The zero-order valence-corrected chi connectivity index (χ0v) is 11.6. The molecule has 0 spiro atoms. The maximum absolute atomic E-state index is 13.7. The average Bonchev–Trinajstić information content (AvgIpc) is 2.34. The van der Waals surface area contributed by atoms with Crippen molar-refractivity contribution in [2.24, 2.45) is 11.8 Å². The lowest BCUT2D eigenvalue weighted by molar-refractivity contribution is 0.217. The van der Waals surface area contributed by atoms with Crippen LogP contribution in [0.25, 0.3) is 0 Å². The summed E-state index contributed by atoms with van der Waals surface area (Å²) in [4.78, 5) is 0. The molecular weight excluding hydrogens is 225 g/mol. The van der Waals surface area contributed by atoms with Gasteiger partial charge in [0.2, 0.25) is 0 Å². The molecular formula is C16H24FN. The first kappa shape index (κ1) is 13.5. The molecule has 1 saturated carbocycles. The van der Waals surface area contributed by atoms with Crippen LogP contribution < -0.4 is 5.32 Å². The van der Waals surface area contributed by atoms with Gasteiger partial charge in [-0.2, -0.15) is 0 Å². The lowest BCUT2D eigenvalue weighted by Gasteiger charge is -2.34. The van der Waals surface area contributed by atoms with E-state index in [1.807, 2.05) is 12.1 Å². The maximum Gasteiger partial charge on any atom is 0.127 e. The van der Waals surface area contributed by atoms with Crippen LogP contribution in [0.4, 0.5) is 4.39 Å². The minimum Gasteiger partial charge on any atom is -0.307 e. The van der Waals surface area contributed by atoms with Crippen molar-refractivity contribution < 1.29 is 4.39 Å². The minimum absolute atomic E-state index is 0.0943. The third-order valence-electron chi connectivity index (χ3n) is 4.46. The summed E-state index contributed by atoms with van der Waals surface area (Å²) in [6, 6.07) is 7.70. The van der Waals surface area contributed by atoms with Gasteiger partial charge in [0, 0.05) is 17.6 Å². The molecule has 1 aliphatic rings. The van der Waals surface area contributed by atoms with Crippen molar-refractivity contribution in [2.45, 2.75) is 52.1 Å². The van der Waals surface area contributed by atoms with E-state index in [4.69, 9.17) is 0 Å². The zero-order valence-electron chi connectivity index (χ0n) is 11.6. The predicted octanol–water partition coefficient (Wildman–Crippen LogP) is 4.30. The third kappa shape index (κ3) is 3.11. The van der Waals surface area contributed by atoms with Crippen molar-refractivity contribution in [2.75, 3.05) is 0 Å². The summed E-state index contributed by atoms with van der Waals surface area (Å²) in [6.45, 7) is 6.72.